The highest BCUT2D eigenvalue weighted by Gasteiger charge is 2.18. The molecule has 6 nitrogen and oxygen atoms in total. The van der Waals surface area contributed by atoms with Gasteiger partial charge in [-0.2, -0.15) is 0 Å². The van der Waals surface area contributed by atoms with Crippen LogP contribution in [0.2, 0.25) is 0 Å². The van der Waals surface area contributed by atoms with Crippen LogP contribution in [0.4, 0.5) is 0 Å². The highest BCUT2D eigenvalue weighted by molar-refractivity contribution is 5.76. The fourth-order valence-corrected chi connectivity index (χ4v) is 11.3. The van der Waals surface area contributed by atoms with Gasteiger partial charge in [-0.3, -0.25) is 9.59 Å². The zero-order valence-electron chi connectivity index (χ0n) is 54.5. The number of hydrogen-bond donors (Lipinski definition) is 3. The lowest BCUT2D eigenvalue weighted by atomic mass is 10.0. The van der Waals surface area contributed by atoms with Gasteiger partial charge in [-0.25, -0.2) is 0 Å². The number of carbonyl (C=O) groups is 2. The number of rotatable bonds is 68. The number of nitrogens with one attached hydrogen (secondary N) is 1. The number of esters is 1. The molecule has 0 aromatic rings. The summed E-state index contributed by atoms with van der Waals surface area (Å²) in [6, 6.07) is -0.625. The van der Waals surface area contributed by atoms with Crippen LogP contribution >= 0.6 is 0 Å². The topological polar surface area (TPSA) is 95.9 Å². The molecule has 0 aliphatic rings. The molecule has 0 aromatic heterocycles. The second-order valence-corrected chi connectivity index (χ2v) is 24.9. The third kappa shape index (κ3) is 66.8. The Morgan fingerprint density at radius 1 is 0.346 bits per heavy atom. The van der Waals surface area contributed by atoms with Crippen molar-refractivity contribution in [3.63, 3.8) is 0 Å². The largest absolute Gasteiger partial charge is 0.466 e. The van der Waals surface area contributed by atoms with Crippen molar-refractivity contribution in [2.24, 2.45) is 0 Å². The van der Waals surface area contributed by atoms with Crippen molar-refractivity contribution in [2.45, 2.75) is 405 Å². The highest BCUT2D eigenvalue weighted by Crippen LogP contribution is 2.18. The van der Waals surface area contributed by atoms with Crippen LogP contribution in [0.25, 0.3) is 0 Å². The molecule has 0 rings (SSSR count). The lowest BCUT2D eigenvalue weighted by molar-refractivity contribution is -0.143. The number of allylic oxidation sites excluding steroid dienone is 7. The van der Waals surface area contributed by atoms with Crippen LogP contribution in [0.5, 0.6) is 0 Å². The molecule has 0 heterocycles. The third-order valence-corrected chi connectivity index (χ3v) is 16.8. The SMILES string of the molecule is CCCCCC/C=C\C/C=C\CCCCCCCC(=O)OCCCCCCCCCCCCCCCC/C=C\CCCCCCCCCCCCCCCCCCCC(=O)NC(CO)C(O)/C=C/CCCCCCCCCCCCC. The van der Waals surface area contributed by atoms with Crippen LogP contribution in [0, 0.1) is 0 Å². The Balaban J connectivity index is 3.35. The van der Waals surface area contributed by atoms with E-state index in [1.807, 2.05) is 6.08 Å². The Labute approximate surface area is 506 Å². The summed E-state index contributed by atoms with van der Waals surface area (Å²) in [6.45, 7) is 4.90. The summed E-state index contributed by atoms with van der Waals surface area (Å²) in [7, 11) is 0. The second-order valence-electron chi connectivity index (χ2n) is 24.9. The maximum absolute atomic E-state index is 12.5. The summed E-state index contributed by atoms with van der Waals surface area (Å²) in [5.41, 5.74) is 0. The average molecular weight is 1140 g/mol. The van der Waals surface area contributed by atoms with Crippen molar-refractivity contribution in [1.29, 1.82) is 0 Å². The van der Waals surface area contributed by atoms with Gasteiger partial charge in [0, 0.05) is 12.8 Å². The first-order chi connectivity index (χ1) is 40.0. The van der Waals surface area contributed by atoms with E-state index in [1.165, 1.54) is 315 Å². The summed E-state index contributed by atoms with van der Waals surface area (Å²) >= 11 is 0. The van der Waals surface area contributed by atoms with Gasteiger partial charge in [-0.1, -0.05) is 339 Å². The van der Waals surface area contributed by atoms with E-state index in [1.54, 1.807) is 6.08 Å². The molecular formula is C75H141NO5. The van der Waals surface area contributed by atoms with Gasteiger partial charge in [-0.15, -0.1) is 0 Å². The Morgan fingerprint density at radius 2 is 0.617 bits per heavy atom. The van der Waals surface area contributed by atoms with E-state index < -0.39 is 12.1 Å². The van der Waals surface area contributed by atoms with Gasteiger partial charge in [0.05, 0.1) is 25.4 Å². The summed E-state index contributed by atoms with van der Waals surface area (Å²) in [5.74, 6) is -0.0568. The lowest BCUT2D eigenvalue weighted by Gasteiger charge is -2.20. The van der Waals surface area contributed by atoms with E-state index >= 15 is 0 Å². The zero-order valence-corrected chi connectivity index (χ0v) is 54.5. The summed E-state index contributed by atoms with van der Waals surface area (Å²) in [6.07, 6.45) is 92.1. The molecule has 3 N–H and O–H groups in total. The van der Waals surface area contributed by atoms with E-state index in [9.17, 15) is 19.8 Å². The van der Waals surface area contributed by atoms with Gasteiger partial charge < -0.3 is 20.3 Å². The molecule has 0 radical (unpaired) electrons. The van der Waals surface area contributed by atoms with Gasteiger partial charge in [0.25, 0.3) is 0 Å². The molecule has 2 unspecified atom stereocenters. The number of unbranched alkanes of at least 4 members (excludes halogenated alkanes) is 51. The van der Waals surface area contributed by atoms with Gasteiger partial charge in [0.2, 0.25) is 5.91 Å². The Hall–Kier alpha value is -2.18. The van der Waals surface area contributed by atoms with E-state index in [0.717, 1.165) is 51.4 Å². The zero-order chi connectivity index (χ0) is 58.5. The normalized spacial score (nSPS) is 12.8. The first-order valence-corrected chi connectivity index (χ1v) is 36.4. The van der Waals surface area contributed by atoms with Crippen molar-refractivity contribution < 1.29 is 24.5 Å². The fourth-order valence-electron chi connectivity index (χ4n) is 11.3. The highest BCUT2D eigenvalue weighted by atomic mass is 16.5. The number of aliphatic hydroxyl groups excluding tert-OH is 2. The maximum atomic E-state index is 12.5. The number of carbonyl (C=O) groups excluding carboxylic acids is 2. The smallest absolute Gasteiger partial charge is 0.305 e. The molecule has 81 heavy (non-hydrogen) atoms. The minimum Gasteiger partial charge on any atom is -0.466 e. The molecule has 0 saturated carbocycles. The molecule has 6 heteroatoms. The quantitative estimate of drug-likeness (QED) is 0.0320. The van der Waals surface area contributed by atoms with E-state index in [-0.39, 0.29) is 18.5 Å². The van der Waals surface area contributed by atoms with Gasteiger partial charge in [-0.05, 0) is 89.9 Å². The van der Waals surface area contributed by atoms with Crippen molar-refractivity contribution in [1.82, 2.24) is 5.32 Å². The van der Waals surface area contributed by atoms with Gasteiger partial charge in [0.15, 0.2) is 0 Å². The second kappa shape index (κ2) is 70.3. The summed E-state index contributed by atoms with van der Waals surface area (Å²) < 4.78 is 5.49. The van der Waals surface area contributed by atoms with E-state index in [2.05, 4.69) is 55.6 Å². The minimum absolute atomic E-state index is 0.00657. The number of aliphatic hydroxyl groups is 2. The van der Waals surface area contributed by atoms with E-state index in [4.69, 9.17) is 4.74 Å². The van der Waals surface area contributed by atoms with Crippen LogP contribution in [-0.4, -0.2) is 47.4 Å². The van der Waals surface area contributed by atoms with Crippen molar-refractivity contribution in [3.05, 3.63) is 48.6 Å². The first kappa shape index (κ1) is 78.8. The molecular weight excluding hydrogens is 995 g/mol. The Bertz CT molecular complexity index is 1360. The third-order valence-electron chi connectivity index (χ3n) is 16.8. The minimum atomic E-state index is -0.841. The molecule has 1 amide bonds. The first-order valence-electron chi connectivity index (χ1n) is 36.4. The lowest BCUT2D eigenvalue weighted by Crippen LogP contribution is -2.45. The number of ether oxygens (including phenoxy) is 1. The molecule has 0 bridgehead atoms. The van der Waals surface area contributed by atoms with E-state index in [0.29, 0.717) is 19.4 Å². The number of hydrogen-bond acceptors (Lipinski definition) is 5. The summed E-state index contributed by atoms with van der Waals surface area (Å²) in [5, 5.41) is 23.1. The Morgan fingerprint density at radius 3 is 0.963 bits per heavy atom. The molecule has 0 saturated heterocycles. The van der Waals surface area contributed by atoms with Crippen molar-refractivity contribution in [3.8, 4) is 0 Å². The predicted octanol–water partition coefficient (Wildman–Crippen LogP) is 23.6. The molecule has 476 valence electrons. The molecule has 0 aliphatic heterocycles. The molecule has 0 aromatic carbocycles. The monoisotopic (exact) mass is 1140 g/mol. The van der Waals surface area contributed by atoms with Crippen LogP contribution < -0.4 is 5.32 Å². The predicted molar refractivity (Wildman–Crippen MR) is 356 cm³/mol. The van der Waals surface area contributed by atoms with Gasteiger partial charge in [0.1, 0.15) is 0 Å². The van der Waals surface area contributed by atoms with Crippen LogP contribution in [-0.2, 0) is 14.3 Å². The summed E-state index contributed by atoms with van der Waals surface area (Å²) in [4.78, 5) is 24.5. The maximum Gasteiger partial charge on any atom is 0.305 e. The van der Waals surface area contributed by atoms with Crippen LogP contribution in [0.3, 0.4) is 0 Å². The fraction of sp³-hybridized carbons (Fsp3) is 0.867. The molecule has 0 fully saturated rings. The number of amides is 1. The Kier molecular flexibility index (Phi) is 68.4. The van der Waals surface area contributed by atoms with Crippen molar-refractivity contribution in [2.75, 3.05) is 13.2 Å². The van der Waals surface area contributed by atoms with Crippen LogP contribution in [0.1, 0.15) is 393 Å². The average Bonchev–Trinajstić information content (AvgIpc) is 3.47. The standard InChI is InChI=1S/C75H141NO5/c1-3-5-7-9-11-13-15-17-18-41-45-49-53-57-61-65-69-75(80)81-70-66-62-58-54-50-46-42-39-37-35-33-31-29-27-25-23-21-19-20-22-24-26-28-30-32-34-36-38-40-44-48-52-56-60-64-68-74(79)76-72(71-77)73(78)67-63-59-55-51-47-43-16-14-12-10-8-6-4-2/h13,15,18,21,23,41,63,67,72-73,77-78H,3-12,14,16-17,19-20,22,24-40,42-62,64-66,68-71H2,1-2H3,(H,76,79)/b15-13-,23-21-,41-18-,67-63+. The van der Waals surface area contributed by atoms with Crippen molar-refractivity contribution >= 4 is 11.9 Å². The molecule has 2 atom stereocenters. The van der Waals surface area contributed by atoms with Crippen LogP contribution in [0.15, 0.2) is 48.6 Å². The molecule has 0 spiro atoms. The molecule has 0 aliphatic carbocycles. The van der Waals surface area contributed by atoms with Gasteiger partial charge >= 0.3 is 5.97 Å².